The molecule has 0 atom stereocenters. The Kier molecular flexibility index (Phi) is 4.83. The molecule has 8 nitrogen and oxygen atoms in total. The van der Waals surface area contributed by atoms with Crippen LogP contribution in [0.15, 0.2) is 48.5 Å². The molecule has 150 valence electrons. The first kappa shape index (κ1) is 19.1. The maximum absolute atomic E-state index is 12.3. The lowest BCUT2D eigenvalue weighted by Gasteiger charge is -2.28. The number of hydrogen-bond acceptors (Lipinski definition) is 5. The van der Waals surface area contributed by atoms with Crippen LogP contribution in [0, 0.1) is 0 Å². The van der Waals surface area contributed by atoms with Crippen molar-refractivity contribution in [1.82, 2.24) is 4.90 Å². The Hall–Kier alpha value is -3.20. The van der Waals surface area contributed by atoms with Crippen molar-refractivity contribution in [1.29, 1.82) is 0 Å². The first-order valence-electron chi connectivity index (χ1n) is 9.22. The third-order valence-corrected chi connectivity index (χ3v) is 6.84. The fourth-order valence-corrected chi connectivity index (χ4v) is 5.16. The van der Waals surface area contributed by atoms with Gasteiger partial charge in [0.05, 0.1) is 22.6 Å². The minimum Gasteiger partial charge on any atom is -0.325 e. The maximum Gasteiger partial charge on any atom is 0.262 e. The zero-order chi connectivity index (χ0) is 20.6. The lowest BCUT2D eigenvalue weighted by Crippen LogP contribution is -2.38. The standard InChI is InChI=1S/C20H19N3O5S/c24-18(13-22-19(25)16-5-1-2-6-17(16)20(22)26)21-14-7-9-15(10-8-14)23-11-3-4-12-29(23,27)28/h1-2,5-10H,3-4,11-13H2,(H,21,24). The second kappa shape index (κ2) is 7.32. The Morgan fingerprint density at radius 2 is 1.55 bits per heavy atom. The van der Waals surface area contributed by atoms with Crippen LogP contribution in [0.5, 0.6) is 0 Å². The molecule has 0 aliphatic carbocycles. The molecule has 1 saturated heterocycles. The van der Waals surface area contributed by atoms with Crippen molar-refractivity contribution in [2.75, 3.05) is 28.5 Å². The summed E-state index contributed by atoms with van der Waals surface area (Å²) in [6.45, 7) is 0.0440. The Labute approximate surface area is 168 Å². The van der Waals surface area contributed by atoms with E-state index in [0.717, 1.165) is 11.3 Å². The molecular formula is C20H19N3O5S. The number of nitrogens with one attached hydrogen (secondary N) is 1. The van der Waals surface area contributed by atoms with Crippen molar-refractivity contribution >= 4 is 39.1 Å². The van der Waals surface area contributed by atoms with E-state index in [1.807, 2.05) is 0 Å². The van der Waals surface area contributed by atoms with Crippen LogP contribution in [-0.4, -0.2) is 49.9 Å². The molecule has 1 N–H and O–H groups in total. The molecular weight excluding hydrogens is 394 g/mol. The van der Waals surface area contributed by atoms with E-state index in [2.05, 4.69) is 5.32 Å². The molecule has 2 heterocycles. The number of rotatable bonds is 4. The molecule has 0 saturated carbocycles. The Morgan fingerprint density at radius 3 is 2.14 bits per heavy atom. The number of fused-ring (bicyclic) bond motifs is 1. The first-order chi connectivity index (χ1) is 13.9. The molecule has 2 aliphatic heterocycles. The molecule has 0 aromatic heterocycles. The van der Waals surface area contributed by atoms with Crippen LogP contribution in [0.2, 0.25) is 0 Å². The molecule has 3 amide bonds. The number of hydrogen-bond donors (Lipinski definition) is 1. The van der Waals surface area contributed by atoms with Crippen molar-refractivity contribution in [3.63, 3.8) is 0 Å². The average molecular weight is 413 g/mol. The van der Waals surface area contributed by atoms with Crippen molar-refractivity contribution in [3.05, 3.63) is 59.7 Å². The second-order valence-corrected chi connectivity index (χ2v) is 8.95. The predicted octanol–water partition coefficient (Wildman–Crippen LogP) is 1.85. The average Bonchev–Trinajstić information content (AvgIpc) is 2.94. The van der Waals surface area contributed by atoms with E-state index in [4.69, 9.17) is 0 Å². The highest BCUT2D eigenvalue weighted by Crippen LogP contribution is 2.25. The van der Waals surface area contributed by atoms with Gasteiger partial charge in [-0.2, -0.15) is 0 Å². The van der Waals surface area contributed by atoms with Crippen LogP contribution in [0.25, 0.3) is 0 Å². The van der Waals surface area contributed by atoms with Gasteiger partial charge < -0.3 is 5.32 Å². The molecule has 2 aliphatic rings. The van der Waals surface area contributed by atoms with Crippen molar-refractivity contribution < 1.29 is 22.8 Å². The van der Waals surface area contributed by atoms with Gasteiger partial charge in [0.25, 0.3) is 11.8 Å². The molecule has 4 rings (SSSR count). The lowest BCUT2D eigenvalue weighted by atomic mass is 10.1. The smallest absolute Gasteiger partial charge is 0.262 e. The number of anilines is 2. The summed E-state index contributed by atoms with van der Waals surface area (Å²) in [6, 6.07) is 12.9. The minimum atomic E-state index is -3.30. The van der Waals surface area contributed by atoms with Crippen molar-refractivity contribution in [2.24, 2.45) is 0 Å². The van der Waals surface area contributed by atoms with Gasteiger partial charge in [0, 0.05) is 12.2 Å². The first-order valence-corrected chi connectivity index (χ1v) is 10.8. The van der Waals surface area contributed by atoms with E-state index in [1.54, 1.807) is 48.5 Å². The number of imide groups is 1. The van der Waals surface area contributed by atoms with Crippen molar-refractivity contribution in [2.45, 2.75) is 12.8 Å². The quantitative estimate of drug-likeness (QED) is 0.771. The van der Waals surface area contributed by atoms with E-state index in [0.29, 0.717) is 24.3 Å². The van der Waals surface area contributed by atoms with Gasteiger partial charge >= 0.3 is 0 Å². The third kappa shape index (κ3) is 3.61. The molecule has 0 bridgehead atoms. The highest BCUT2D eigenvalue weighted by atomic mass is 32.2. The highest BCUT2D eigenvalue weighted by molar-refractivity contribution is 7.92. The zero-order valence-corrected chi connectivity index (χ0v) is 16.3. The second-order valence-electron chi connectivity index (χ2n) is 6.93. The van der Waals surface area contributed by atoms with Gasteiger partial charge in [0.15, 0.2) is 0 Å². The lowest BCUT2D eigenvalue weighted by molar-refractivity contribution is -0.116. The fourth-order valence-electron chi connectivity index (χ4n) is 3.52. The van der Waals surface area contributed by atoms with Gasteiger partial charge in [-0.05, 0) is 49.2 Å². The predicted molar refractivity (Wildman–Crippen MR) is 107 cm³/mol. The summed E-state index contributed by atoms with van der Waals surface area (Å²) in [7, 11) is -3.30. The summed E-state index contributed by atoms with van der Waals surface area (Å²) in [5, 5.41) is 2.63. The van der Waals surface area contributed by atoms with Gasteiger partial charge in [0.1, 0.15) is 6.54 Å². The molecule has 2 aromatic rings. The third-order valence-electron chi connectivity index (χ3n) is 4.97. The molecule has 0 radical (unpaired) electrons. The van der Waals surface area contributed by atoms with Gasteiger partial charge in [0.2, 0.25) is 15.9 Å². The minimum absolute atomic E-state index is 0.131. The molecule has 29 heavy (non-hydrogen) atoms. The van der Waals surface area contributed by atoms with Crippen molar-refractivity contribution in [3.8, 4) is 0 Å². The number of nitrogens with zero attached hydrogens (tertiary/aromatic N) is 2. The van der Waals surface area contributed by atoms with Crippen LogP contribution in [0.4, 0.5) is 11.4 Å². The number of sulfonamides is 1. The monoisotopic (exact) mass is 413 g/mol. The topological polar surface area (TPSA) is 104 Å². The highest BCUT2D eigenvalue weighted by Gasteiger charge is 2.36. The molecule has 0 spiro atoms. The van der Waals surface area contributed by atoms with Gasteiger partial charge in [-0.25, -0.2) is 8.42 Å². The molecule has 2 aromatic carbocycles. The Morgan fingerprint density at radius 1 is 0.931 bits per heavy atom. The number of amides is 3. The number of carbonyl (C=O) groups excluding carboxylic acids is 3. The van der Waals surface area contributed by atoms with Crippen LogP contribution in [0.1, 0.15) is 33.6 Å². The molecule has 1 fully saturated rings. The van der Waals surface area contributed by atoms with Gasteiger partial charge in [-0.15, -0.1) is 0 Å². The van der Waals surface area contributed by atoms with E-state index < -0.39 is 34.3 Å². The maximum atomic E-state index is 12.3. The zero-order valence-electron chi connectivity index (χ0n) is 15.5. The van der Waals surface area contributed by atoms with E-state index in [9.17, 15) is 22.8 Å². The fraction of sp³-hybridized carbons (Fsp3) is 0.250. The largest absolute Gasteiger partial charge is 0.325 e. The van der Waals surface area contributed by atoms with E-state index >= 15 is 0 Å². The van der Waals surface area contributed by atoms with Crippen LogP contribution in [0.3, 0.4) is 0 Å². The normalized spacial score (nSPS) is 17.9. The molecule has 9 heteroatoms. The summed E-state index contributed by atoms with van der Waals surface area (Å²) in [5.74, 6) is -1.37. The SMILES string of the molecule is O=C(CN1C(=O)c2ccccc2C1=O)Nc1ccc(N2CCCCS2(=O)=O)cc1. The summed E-state index contributed by atoms with van der Waals surface area (Å²) in [6.07, 6.45) is 1.46. The Bertz CT molecular complexity index is 1060. The number of carbonyl (C=O) groups is 3. The van der Waals surface area contributed by atoms with Crippen LogP contribution >= 0.6 is 0 Å². The summed E-state index contributed by atoms with van der Waals surface area (Å²) in [4.78, 5) is 37.9. The molecule has 0 unspecified atom stereocenters. The number of benzene rings is 2. The van der Waals surface area contributed by atoms with Crippen LogP contribution in [-0.2, 0) is 14.8 Å². The Balaban J connectivity index is 1.42. The van der Waals surface area contributed by atoms with Crippen LogP contribution < -0.4 is 9.62 Å². The summed E-state index contributed by atoms with van der Waals surface area (Å²) in [5.41, 5.74) is 1.57. The van der Waals surface area contributed by atoms with E-state index in [-0.39, 0.29) is 16.9 Å². The van der Waals surface area contributed by atoms with E-state index in [1.165, 1.54) is 4.31 Å². The summed E-state index contributed by atoms with van der Waals surface area (Å²) >= 11 is 0. The summed E-state index contributed by atoms with van der Waals surface area (Å²) < 4.78 is 25.7. The van der Waals surface area contributed by atoms with Gasteiger partial charge in [-0.1, -0.05) is 12.1 Å². The van der Waals surface area contributed by atoms with Gasteiger partial charge in [-0.3, -0.25) is 23.6 Å².